The fourth-order valence-corrected chi connectivity index (χ4v) is 3.19. The van der Waals surface area contributed by atoms with Crippen molar-refractivity contribution in [1.29, 1.82) is 0 Å². The van der Waals surface area contributed by atoms with E-state index in [0.717, 1.165) is 51.7 Å². The third-order valence-corrected chi connectivity index (χ3v) is 4.24. The molecule has 3 atom stereocenters. The molecule has 3 unspecified atom stereocenters. The SMILES string of the molecule is CCCC1(C(=O)NC(C)C2CCCO2)CCCN1. The lowest BCUT2D eigenvalue weighted by molar-refractivity contribution is -0.129. The van der Waals surface area contributed by atoms with Crippen molar-refractivity contribution in [3.63, 3.8) is 0 Å². The third kappa shape index (κ3) is 2.86. The fraction of sp³-hybridized carbons (Fsp3) is 0.929. The van der Waals surface area contributed by atoms with Gasteiger partial charge in [-0.2, -0.15) is 0 Å². The van der Waals surface area contributed by atoms with Gasteiger partial charge in [-0.1, -0.05) is 13.3 Å². The molecule has 0 aromatic carbocycles. The number of rotatable bonds is 5. The van der Waals surface area contributed by atoms with E-state index in [1.165, 1.54) is 0 Å². The quantitative estimate of drug-likeness (QED) is 0.783. The predicted molar refractivity (Wildman–Crippen MR) is 71.5 cm³/mol. The van der Waals surface area contributed by atoms with Gasteiger partial charge in [0.15, 0.2) is 0 Å². The molecule has 2 aliphatic heterocycles. The predicted octanol–water partition coefficient (Wildman–Crippen LogP) is 1.59. The first kappa shape index (κ1) is 13.8. The van der Waals surface area contributed by atoms with E-state index in [1.807, 2.05) is 0 Å². The highest BCUT2D eigenvalue weighted by atomic mass is 16.5. The van der Waals surface area contributed by atoms with Crippen LogP contribution in [0, 0.1) is 0 Å². The minimum absolute atomic E-state index is 0.121. The Kier molecular flexibility index (Phi) is 4.62. The summed E-state index contributed by atoms with van der Waals surface area (Å²) < 4.78 is 5.64. The molecule has 2 aliphatic rings. The van der Waals surface area contributed by atoms with Crippen LogP contribution in [0.4, 0.5) is 0 Å². The summed E-state index contributed by atoms with van der Waals surface area (Å²) in [5.74, 6) is 0.171. The van der Waals surface area contributed by atoms with Gasteiger partial charge < -0.3 is 15.4 Å². The van der Waals surface area contributed by atoms with Crippen LogP contribution in [0.2, 0.25) is 0 Å². The number of hydrogen-bond donors (Lipinski definition) is 2. The average Bonchev–Trinajstić information content (AvgIpc) is 3.00. The maximum Gasteiger partial charge on any atom is 0.240 e. The maximum absolute atomic E-state index is 12.5. The van der Waals surface area contributed by atoms with Gasteiger partial charge in [0.25, 0.3) is 0 Å². The minimum Gasteiger partial charge on any atom is -0.376 e. The van der Waals surface area contributed by atoms with Crippen LogP contribution in [0.1, 0.15) is 52.4 Å². The first-order valence-electron chi connectivity index (χ1n) is 7.35. The van der Waals surface area contributed by atoms with Crippen molar-refractivity contribution in [1.82, 2.24) is 10.6 Å². The van der Waals surface area contributed by atoms with Crippen LogP contribution in [0.15, 0.2) is 0 Å². The zero-order valence-corrected chi connectivity index (χ0v) is 11.6. The first-order valence-corrected chi connectivity index (χ1v) is 7.35. The summed E-state index contributed by atoms with van der Waals surface area (Å²) in [4.78, 5) is 12.5. The van der Waals surface area contributed by atoms with Gasteiger partial charge in [0.2, 0.25) is 5.91 Å². The molecule has 0 aromatic heterocycles. The molecule has 104 valence electrons. The van der Waals surface area contributed by atoms with Crippen LogP contribution in [-0.2, 0) is 9.53 Å². The molecule has 1 amide bonds. The molecule has 0 bridgehead atoms. The topological polar surface area (TPSA) is 50.4 Å². The Hall–Kier alpha value is -0.610. The van der Waals surface area contributed by atoms with Crippen molar-refractivity contribution in [3.05, 3.63) is 0 Å². The Balaban J connectivity index is 1.92. The highest BCUT2D eigenvalue weighted by Gasteiger charge is 2.41. The van der Waals surface area contributed by atoms with Crippen LogP contribution in [0.25, 0.3) is 0 Å². The lowest BCUT2D eigenvalue weighted by Gasteiger charge is -2.31. The van der Waals surface area contributed by atoms with Gasteiger partial charge in [0, 0.05) is 6.61 Å². The Morgan fingerprint density at radius 1 is 1.56 bits per heavy atom. The Bertz CT molecular complexity index is 282. The van der Waals surface area contributed by atoms with Gasteiger partial charge in [-0.05, 0) is 45.6 Å². The summed E-state index contributed by atoms with van der Waals surface area (Å²) in [6, 6.07) is 0.121. The summed E-state index contributed by atoms with van der Waals surface area (Å²) in [5.41, 5.74) is -0.318. The van der Waals surface area contributed by atoms with E-state index in [1.54, 1.807) is 0 Å². The smallest absolute Gasteiger partial charge is 0.240 e. The van der Waals surface area contributed by atoms with Crippen LogP contribution < -0.4 is 10.6 Å². The molecule has 4 heteroatoms. The molecule has 0 spiro atoms. The molecule has 18 heavy (non-hydrogen) atoms. The maximum atomic E-state index is 12.5. The van der Waals surface area contributed by atoms with E-state index in [0.29, 0.717) is 0 Å². The fourth-order valence-electron chi connectivity index (χ4n) is 3.19. The molecule has 0 radical (unpaired) electrons. The zero-order chi connectivity index (χ0) is 13.0. The number of carbonyl (C=O) groups excluding carboxylic acids is 1. The van der Waals surface area contributed by atoms with Crippen LogP contribution >= 0.6 is 0 Å². The summed E-state index contributed by atoms with van der Waals surface area (Å²) >= 11 is 0. The van der Waals surface area contributed by atoms with Gasteiger partial charge in [0.1, 0.15) is 0 Å². The number of nitrogens with one attached hydrogen (secondary N) is 2. The second kappa shape index (κ2) is 6.02. The van der Waals surface area contributed by atoms with E-state index in [-0.39, 0.29) is 23.6 Å². The van der Waals surface area contributed by atoms with E-state index in [9.17, 15) is 4.79 Å². The van der Waals surface area contributed by atoms with Gasteiger partial charge >= 0.3 is 0 Å². The first-order chi connectivity index (χ1) is 8.68. The Morgan fingerprint density at radius 3 is 2.94 bits per heavy atom. The van der Waals surface area contributed by atoms with Crippen molar-refractivity contribution in [2.45, 2.75) is 70.1 Å². The summed E-state index contributed by atoms with van der Waals surface area (Å²) in [6.45, 7) is 5.99. The summed E-state index contributed by atoms with van der Waals surface area (Å²) in [5, 5.41) is 6.58. The van der Waals surface area contributed by atoms with E-state index < -0.39 is 0 Å². The standard InChI is InChI=1S/C14H26N2O2/c1-3-7-14(8-5-9-15-14)13(17)16-11(2)12-6-4-10-18-12/h11-12,15H,3-10H2,1-2H3,(H,16,17). The molecule has 2 fully saturated rings. The molecule has 2 heterocycles. The number of carbonyl (C=O) groups is 1. The molecular weight excluding hydrogens is 228 g/mol. The van der Waals surface area contributed by atoms with Gasteiger partial charge in [-0.25, -0.2) is 0 Å². The Labute approximate surface area is 110 Å². The van der Waals surface area contributed by atoms with Crippen molar-refractivity contribution in [2.75, 3.05) is 13.2 Å². The second-order valence-electron chi connectivity index (χ2n) is 5.68. The molecule has 0 aliphatic carbocycles. The molecule has 2 saturated heterocycles. The Morgan fingerprint density at radius 2 is 2.39 bits per heavy atom. The van der Waals surface area contributed by atoms with Crippen LogP contribution in [-0.4, -0.2) is 36.7 Å². The normalized spacial score (nSPS) is 33.6. The van der Waals surface area contributed by atoms with Gasteiger partial charge in [0.05, 0.1) is 17.7 Å². The molecule has 0 aromatic rings. The second-order valence-corrected chi connectivity index (χ2v) is 5.68. The van der Waals surface area contributed by atoms with E-state index in [4.69, 9.17) is 4.74 Å². The van der Waals surface area contributed by atoms with E-state index >= 15 is 0 Å². The molecular formula is C14H26N2O2. The number of amides is 1. The van der Waals surface area contributed by atoms with Crippen LogP contribution in [0.3, 0.4) is 0 Å². The lowest BCUT2D eigenvalue weighted by Crippen LogP contribution is -2.56. The summed E-state index contributed by atoms with van der Waals surface area (Å²) in [7, 11) is 0. The molecule has 4 nitrogen and oxygen atoms in total. The molecule has 2 N–H and O–H groups in total. The van der Waals surface area contributed by atoms with Crippen molar-refractivity contribution < 1.29 is 9.53 Å². The van der Waals surface area contributed by atoms with Gasteiger partial charge in [-0.3, -0.25) is 4.79 Å². The average molecular weight is 254 g/mol. The monoisotopic (exact) mass is 254 g/mol. The van der Waals surface area contributed by atoms with Crippen molar-refractivity contribution in [2.24, 2.45) is 0 Å². The highest BCUT2D eigenvalue weighted by molar-refractivity contribution is 5.87. The van der Waals surface area contributed by atoms with Crippen LogP contribution in [0.5, 0.6) is 0 Å². The van der Waals surface area contributed by atoms with E-state index in [2.05, 4.69) is 24.5 Å². The summed E-state index contributed by atoms with van der Waals surface area (Å²) in [6.07, 6.45) is 6.41. The largest absolute Gasteiger partial charge is 0.376 e. The van der Waals surface area contributed by atoms with Crippen molar-refractivity contribution in [3.8, 4) is 0 Å². The van der Waals surface area contributed by atoms with Crippen molar-refractivity contribution >= 4 is 5.91 Å². The molecule has 0 saturated carbocycles. The number of hydrogen-bond acceptors (Lipinski definition) is 3. The third-order valence-electron chi connectivity index (χ3n) is 4.24. The number of ether oxygens (including phenoxy) is 1. The molecule has 2 rings (SSSR count). The minimum atomic E-state index is -0.318. The highest BCUT2D eigenvalue weighted by Crippen LogP contribution is 2.25. The lowest BCUT2D eigenvalue weighted by atomic mass is 9.90. The van der Waals surface area contributed by atoms with Gasteiger partial charge in [-0.15, -0.1) is 0 Å². The zero-order valence-electron chi connectivity index (χ0n) is 11.6.